The average Bonchev–Trinajstić information content (AvgIpc) is 2.46. The Labute approximate surface area is 119 Å². The number of pyridine rings is 1. The summed E-state index contributed by atoms with van der Waals surface area (Å²) in [7, 11) is 0. The van der Waals surface area contributed by atoms with Crippen molar-refractivity contribution in [3.05, 3.63) is 23.9 Å². The van der Waals surface area contributed by atoms with Crippen LogP contribution in [-0.4, -0.2) is 42.8 Å². The van der Waals surface area contributed by atoms with Gasteiger partial charge in [-0.2, -0.15) is 13.2 Å². The number of nitrogens with one attached hydrogen (secondary N) is 2. The van der Waals surface area contributed by atoms with Crippen LogP contribution >= 0.6 is 0 Å². The van der Waals surface area contributed by atoms with E-state index in [4.69, 9.17) is 0 Å². The largest absolute Gasteiger partial charge is 0.468 e. The highest BCUT2D eigenvalue weighted by Crippen LogP contribution is 2.17. The van der Waals surface area contributed by atoms with E-state index in [1.54, 1.807) is 0 Å². The molecule has 1 unspecified atom stereocenters. The fraction of sp³-hybridized carbons (Fsp3) is 0.538. The van der Waals surface area contributed by atoms with Crippen LogP contribution in [0.15, 0.2) is 18.3 Å². The van der Waals surface area contributed by atoms with Gasteiger partial charge >= 0.3 is 6.18 Å². The molecule has 5 nitrogen and oxygen atoms in total. The van der Waals surface area contributed by atoms with E-state index in [-0.39, 0.29) is 17.8 Å². The van der Waals surface area contributed by atoms with Crippen molar-refractivity contribution in [3.8, 4) is 5.88 Å². The molecule has 0 radical (unpaired) electrons. The van der Waals surface area contributed by atoms with Gasteiger partial charge in [0.25, 0.3) is 5.91 Å². The van der Waals surface area contributed by atoms with Crippen LogP contribution in [0, 0.1) is 0 Å². The van der Waals surface area contributed by atoms with Crippen molar-refractivity contribution in [2.45, 2.75) is 25.1 Å². The Morgan fingerprint density at radius 3 is 2.86 bits per heavy atom. The van der Waals surface area contributed by atoms with Gasteiger partial charge < -0.3 is 15.4 Å². The summed E-state index contributed by atoms with van der Waals surface area (Å²) in [6, 6.07) is 2.71. The number of hydrogen-bond donors (Lipinski definition) is 2. The Hall–Kier alpha value is -1.83. The van der Waals surface area contributed by atoms with Crippen molar-refractivity contribution >= 4 is 5.91 Å². The number of carbonyl (C=O) groups is 1. The van der Waals surface area contributed by atoms with E-state index in [1.807, 2.05) is 0 Å². The number of nitrogens with zero attached hydrogens (tertiary/aromatic N) is 1. The molecule has 0 aliphatic carbocycles. The van der Waals surface area contributed by atoms with Gasteiger partial charge in [0.15, 0.2) is 6.61 Å². The van der Waals surface area contributed by atoms with Crippen molar-refractivity contribution < 1.29 is 22.7 Å². The summed E-state index contributed by atoms with van der Waals surface area (Å²) in [6.07, 6.45) is -1.31. The number of aromatic nitrogens is 1. The minimum atomic E-state index is -4.41. The summed E-state index contributed by atoms with van der Waals surface area (Å²) in [4.78, 5) is 15.6. The minimum absolute atomic E-state index is 0.0624. The predicted octanol–water partition coefficient (Wildman–Crippen LogP) is 1.50. The molecule has 1 saturated heterocycles. The molecule has 8 heteroatoms. The Balaban J connectivity index is 1.87. The molecule has 1 aliphatic heterocycles. The Morgan fingerprint density at radius 1 is 1.48 bits per heavy atom. The maximum absolute atomic E-state index is 12.0. The zero-order chi connectivity index (χ0) is 15.3. The van der Waals surface area contributed by atoms with Gasteiger partial charge in [-0.1, -0.05) is 0 Å². The third-order valence-electron chi connectivity index (χ3n) is 3.01. The molecular formula is C13H16F3N3O2. The molecule has 1 aromatic rings. The quantitative estimate of drug-likeness (QED) is 0.885. The normalized spacial score (nSPS) is 19.1. The Morgan fingerprint density at radius 2 is 2.29 bits per heavy atom. The van der Waals surface area contributed by atoms with Gasteiger partial charge in [-0.15, -0.1) is 0 Å². The highest BCUT2D eigenvalue weighted by molar-refractivity contribution is 5.94. The van der Waals surface area contributed by atoms with Gasteiger partial charge in [0.2, 0.25) is 5.88 Å². The zero-order valence-corrected chi connectivity index (χ0v) is 11.2. The fourth-order valence-electron chi connectivity index (χ4n) is 2.00. The van der Waals surface area contributed by atoms with Crippen molar-refractivity contribution in [1.29, 1.82) is 0 Å². The number of piperidine rings is 1. The van der Waals surface area contributed by atoms with Gasteiger partial charge in [-0.25, -0.2) is 4.98 Å². The second kappa shape index (κ2) is 6.75. The third kappa shape index (κ3) is 5.22. The molecule has 21 heavy (non-hydrogen) atoms. The van der Waals surface area contributed by atoms with Crippen LogP contribution in [0.1, 0.15) is 23.2 Å². The maximum Gasteiger partial charge on any atom is 0.422 e. The molecule has 2 rings (SSSR count). The van der Waals surface area contributed by atoms with E-state index in [0.717, 1.165) is 19.4 Å². The Kier molecular flexibility index (Phi) is 5.00. The van der Waals surface area contributed by atoms with E-state index in [9.17, 15) is 18.0 Å². The zero-order valence-electron chi connectivity index (χ0n) is 11.2. The molecule has 116 valence electrons. The second-order valence-electron chi connectivity index (χ2n) is 4.81. The average molecular weight is 303 g/mol. The number of alkyl halides is 3. The summed E-state index contributed by atoms with van der Waals surface area (Å²) in [5.74, 6) is -0.457. The van der Waals surface area contributed by atoms with E-state index in [2.05, 4.69) is 20.4 Å². The Bertz CT molecular complexity index is 471. The van der Waals surface area contributed by atoms with Gasteiger partial charge in [0.1, 0.15) is 0 Å². The molecule has 2 heterocycles. The molecule has 0 spiro atoms. The van der Waals surface area contributed by atoms with Crippen molar-refractivity contribution in [2.24, 2.45) is 0 Å². The second-order valence-corrected chi connectivity index (χ2v) is 4.81. The van der Waals surface area contributed by atoms with Crippen LogP contribution < -0.4 is 15.4 Å². The number of hydrogen-bond acceptors (Lipinski definition) is 4. The molecule has 1 fully saturated rings. The van der Waals surface area contributed by atoms with E-state index in [0.29, 0.717) is 12.1 Å². The van der Waals surface area contributed by atoms with Crippen LogP contribution in [0.4, 0.5) is 13.2 Å². The summed E-state index contributed by atoms with van der Waals surface area (Å²) in [5, 5.41) is 6.02. The fourth-order valence-corrected chi connectivity index (χ4v) is 2.00. The van der Waals surface area contributed by atoms with Gasteiger partial charge in [0.05, 0.1) is 5.56 Å². The van der Waals surface area contributed by atoms with Gasteiger partial charge in [0, 0.05) is 24.8 Å². The first-order valence-corrected chi connectivity index (χ1v) is 6.61. The lowest BCUT2D eigenvalue weighted by molar-refractivity contribution is -0.154. The molecular weight excluding hydrogens is 287 g/mol. The summed E-state index contributed by atoms with van der Waals surface area (Å²) in [5.41, 5.74) is 0.292. The van der Waals surface area contributed by atoms with Gasteiger partial charge in [-0.3, -0.25) is 4.79 Å². The first kappa shape index (κ1) is 15.6. The number of amides is 1. The summed E-state index contributed by atoms with van der Waals surface area (Å²) < 4.78 is 40.4. The third-order valence-corrected chi connectivity index (χ3v) is 3.01. The van der Waals surface area contributed by atoms with Gasteiger partial charge in [-0.05, 0) is 25.5 Å². The monoisotopic (exact) mass is 303 g/mol. The molecule has 0 bridgehead atoms. The smallest absolute Gasteiger partial charge is 0.422 e. The van der Waals surface area contributed by atoms with Crippen molar-refractivity contribution in [2.75, 3.05) is 19.7 Å². The number of ether oxygens (including phenoxy) is 1. The highest BCUT2D eigenvalue weighted by Gasteiger charge is 2.28. The molecule has 1 aliphatic rings. The highest BCUT2D eigenvalue weighted by atomic mass is 19.4. The standard InChI is InChI=1S/C13H16F3N3O2/c14-13(15,16)8-21-11-4-3-9(6-18-11)12(20)19-10-2-1-5-17-7-10/h3-4,6,10,17H,1-2,5,7-8H2,(H,19,20). The first-order valence-electron chi connectivity index (χ1n) is 6.61. The lowest BCUT2D eigenvalue weighted by Crippen LogP contribution is -2.45. The number of carbonyl (C=O) groups excluding carboxylic acids is 1. The van der Waals surface area contributed by atoms with Crippen LogP contribution in [0.25, 0.3) is 0 Å². The number of rotatable bonds is 4. The topological polar surface area (TPSA) is 63.2 Å². The van der Waals surface area contributed by atoms with Crippen molar-refractivity contribution in [3.63, 3.8) is 0 Å². The molecule has 0 aromatic carbocycles. The van der Waals surface area contributed by atoms with Crippen molar-refractivity contribution in [1.82, 2.24) is 15.6 Å². The molecule has 2 N–H and O–H groups in total. The van der Waals surface area contributed by atoms with Crippen LogP contribution in [0.3, 0.4) is 0 Å². The summed E-state index contributed by atoms with van der Waals surface area (Å²) in [6.45, 7) is 0.254. The molecule has 1 amide bonds. The van der Waals surface area contributed by atoms with E-state index in [1.165, 1.54) is 18.3 Å². The molecule has 0 saturated carbocycles. The SMILES string of the molecule is O=C(NC1CCCNC1)c1ccc(OCC(F)(F)F)nc1. The van der Waals surface area contributed by atoms with Crippen LogP contribution in [0.2, 0.25) is 0 Å². The lowest BCUT2D eigenvalue weighted by Gasteiger charge is -2.23. The molecule has 1 aromatic heterocycles. The van der Waals surface area contributed by atoms with E-state index >= 15 is 0 Å². The minimum Gasteiger partial charge on any atom is -0.468 e. The summed E-state index contributed by atoms with van der Waals surface area (Å²) >= 11 is 0. The maximum atomic E-state index is 12.0. The van der Waals surface area contributed by atoms with Crippen LogP contribution in [-0.2, 0) is 0 Å². The first-order chi connectivity index (χ1) is 9.94. The van der Waals surface area contributed by atoms with Crippen LogP contribution in [0.5, 0.6) is 5.88 Å². The van der Waals surface area contributed by atoms with E-state index < -0.39 is 12.8 Å². The predicted molar refractivity (Wildman–Crippen MR) is 69.1 cm³/mol. The molecule has 1 atom stereocenters. The lowest BCUT2D eigenvalue weighted by atomic mass is 10.1. The number of halogens is 3.